The van der Waals surface area contributed by atoms with Crippen LogP contribution in [0.4, 0.5) is 5.69 Å². The molecule has 1 atom stereocenters. The summed E-state index contributed by atoms with van der Waals surface area (Å²) < 4.78 is 25.9. The number of benzene rings is 2. The first kappa shape index (κ1) is 22.0. The van der Waals surface area contributed by atoms with Gasteiger partial charge in [-0.1, -0.05) is 50.2 Å². The van der Waals surface area contributed by atoms with Crippen LogP contribution in [-0.4, -0.2) is 27.1 Å². The molecule has 1 N–H and O–H groups in total. The van der Waals surface area contributed by atoms with Gasteiger partial charge in [-0.3, -0.25) is 9.10 Å². The van der Waals surface area contributed by atoms with Gasteiger partial charge in [-0.15, -0.1) is 0 Å². The van der Waals surface area contributed by atoms with Gasteiger partial charge >= 0.3 is 0 Å². The fourth-order valence-corrected chi connectivity index (χ4v) is 4.14. The second kappa shape index (κ2) is 9.24. The van der Waals surface area contributed by atoms with Gasteiger partial charge in [-0.05, 0) is 55.0 Å². The van der Waals surface area contributed by atoms with E-state index in [0.29, 0.717) is 11.6 Å². The number of aryl methyl sites for hydroxylation is 2. The normalized spacial score (nSPS) is 12.6. The van der Waals surface area contributed by atoms with E-state index in [4.69, 9.17) is 0 Å². The lowest BCUT2D eigenvalue weighted by Crippen LogP contribution is -2.41. The smallest absolute Gasteiger partial charge is 0.241 e. The maximum atomic E-state index is 12.8. The van der Waals surface area contributed by atoms with Gasteiger partial charge in [0.15, 0.2) is 0 Å². The number of nitrogens with zero attached hydrogens (tertiary/aromatic N) is 1. The fraction of sp³-hybridized carbons (Fsp3) is 0.409. The largest absolute Gasteiger partial charge is 0.348 e. The molecule has 6 heteroatoms. The van der Waals surface area contributed by atoms with E-state index in [9.17, 15) is 13.2 Å². The van der Waals surface area contributed by atoms with Crippen LogP contribution >= 0.6 is 0 Å². The summed E-state index contributed by atoms with van der Waals surface area (Å²) in [6.07, 6.45) is 1.90. The van der Waals surface area contributed by atoms with Crippen LogP contribution in [0.2, 0.25) is 0 Å². The van der Waals surface area contributed by atoms with Gasteiger partial charge in [0.25, 0.3) is 0 Å². The maximum Gasteiger partial charge on any atom is 0.241 e. The van der Waals surface area contributed by atoms with E-state index < -0.39 is 10.0 Å². The van der Waals surface area contributed by atoms with Crippen LogP contribution in [0.1, 0.15) is 43.0 Å². The Bertz CT molecular complexity index is 888. The number of anilines is 1. The van der Waals surface area contributed by atoms with Crippen LogP contribution in [-0.2, 0) is 14.8 Å². The number of rotatable bonds is 8. The predicted octanol–water partition coefficient (Wildman–Crippen LogP) is 3.97. The van der Waals surface area contributed by atoms with E-state index in [1.807, 2.05) is 50.2 Å². The summed E-state index contributed by atoms with van der Waals surface area (Å²) in [7, 11) is -3.60. The minimum Gasteiger partial charge on any atom is -0.348 e. The summed E-state index contributed by atoms with van der Waals surface area (Å²) in [4.78, 5) is 12.8. The molecule has 0 saturated heterocycles. The van der Waals surface area contributed by atoms with Gasteiger partial charge in [0, 0.05) is 0 Å². The van der Waals surface area contributed by atoms with Crippen LogP contribution < -0.4 is 9.62 Å². The van der Waals surface area contributed by atoms with Crippen molar-refractivity contribution in [2.24, 2.45) is 5.92 Å². The van der Waals surface area contributed by atoms with Crippen LogP contribution in [0.25, 0.3) is 0 Å². The first-order valence-electron chi connectivity index (χ1n) is 9.46. The van der Waals surface area contributed by atoms with Crippen molar-refractivity contribution in [2.75, 3.05) is 17.1 Å². The van der Waals surface area contributed by atoms with E-state index >= 15 is 0 Å². The van der Waals surface area contributed by atoms with Crippen molar-refractivity contribution in [2.45, 2.75) is 40.2 Å². The molecule has 0 bridgehead atoms. The molecule has 0 aliphatic heterocycles. The molecule has 5 nitrogen and oxygen atoms in total. The Balaban J connectivity index is 2.25. The second-order valence-electron chi connectivity index (χ2n) is 7.78. The summed E-state index contributed by atoms with van der Waals surface area (Å²) in [5.74, 6) is 0.0648. The molecule has 2 aromatic carbocycles. The van der Waals surface area contributed by atoms with E-state index in [2.05, 4.69) is 19.2 Å². The average Bonchev–Trinajstić information content (AvgIpc) is 2.57. The molecule has 0 aromatic heterocycles. The number of nitrogens with one attached hydrogen (secondary N) is 1. The Morgan fingerprint density at radius 2 is 1.61 bits per heavy atom. The third-order valence-corrected chi connectivity index (χ3v) is 5.57. The van der Waals surface area contributed by atoms with Gasteiger partial charge in [0.05, 0.1) is 18.0 Å². The molecule has 0 unspecified atom stereocenters. The molecule has 0 aliphatic carbocycles. The first-order chi connectivity index (χ1) is 13.1. The van der Waals surface area contributed by atoms with Crippen molar-refractivity contribution in [1.29, 1.82) is 0 Å². The van der Waals surface area contributed by atoms with Gasteiger partial charge in [0.2, 0.25) is 15.9 Å². The monoisotopic (exact) mass is 402 g/mol. The van der Waals surface area contributed by atoms with Crippen molar-refractivity contribution in [3.05, 3.63) is 65.2 Å². The van der Waals surface area contributed by atoms with Crippen LogP contribution in [0.5, 0.6) is 0 Å². The highest BCUT2D eigenvalue weighted by atomic mass is 32.2. The minimum absolute atomic E-state index is 0.158. The first-order valence-corrected chi connectivity index (χ1v) is 11.3. The summed E-state index contributed by atoms with van der Waals surface area (Å²) in [5, 5.41) is 3.02. The van der Waals surface area contributed by atoms with E-state index in [-0.39, 0.29) is 18.5 Å². The Labute approximate surface area is 168 Å². The Morgan fingerprint density at radius 1 is 1.04 bits per heavy atom. The number of sulfonamides is 1. The quantitative estimate of drug-likeness (QED) is 0.726. The highest BCUT2D eigenvalue weighted by Gasteiger charge is 2.23. The maximum absolute atomic E-state index is 12.8. The Kier molecular flexibility index (Phi) is 7.24. The number of amides is 1. The van der Waals surface area contributed by atoms with Crippen molar-refractivity contribution in [3.8, 4) is 0 Å². The fourth-order valence-electron chi connectivity index (χ4n) is 3.30. The van der Waals surface area contributed by atoms with Crippen LogP contribution in [0.15, 0.2) is 48.5 Å². The molecule has 0 heterocycles. The third-order valence-electron chi connectivity index (χ3n) is 4.43. The molecule has 1 amide bonds. The number of hydrogen-bond acceptors (Lipinski definition) is 3. The summed E-state index contributed by atoms with van der Waals surface area (Å²) in [5.41, 5.74) is 3.43. The van der Waals surface area contributed by atoms with Crippen LogP contribution in [0.3, 0.4) is 0 Å². The lowest BCUT2D eigenvalue weighted by Gasteiger charge is -2.26. The minimum atomic E-state index is -3.60. The molecule has 28 heavy (non-hydrogen) atoms. The lowest BCUT2D eigenvalue weighted by molar-refractivity contribution is -0.120. The van der Waals surface area contributed by atoms with Gasteiger partial charge in [-0.25, -0.2) is 8.42 Å². The molecule has 0 saturated carbocycles. The molecule has 152 valence electrons. The van der Waals surface area contributed by atoms with Gasteiger partial charge in [0.1, 0.15) is 6.54 Å². The summed E-state index contributed by atoms with van der Waals surface area (Å²) in [6, 6.07) is 15.1. The number of hydrogen-bond donors (Lipinski definition) is 1. The topological polar surface area (TPSA) is 66.5 Å². The predicted molar refractivity (Wildman–Crippen MR) is 115 cm³/mol. The molecule has 2 aromatic rings. The van der Waals surface area contributed by atoms with Crippen molar-refractivity contribution in [3.63, 3.8) is 0 Å². The zero-order valence-corrected chi connectivity index (χ0v) is 18.1. The molecular weight excluding hydrogens is 372 g/mol. The average molecular weight is 403 g/mol. The second-order valence-corrected chi connectivity index (χ2v) is 9.68. The SMILES string of the molecule is Cc1cc(C)cc(N(CC(=O)N[C@H](CC(C)C)c2ccccc2)S(C)(=O)=O)c1. The zero-order chi connectivity index (χ0) is 20.9. The van der Waals surface area contributed by atoms with Crippen LogP contribution in [0, 0.1) is 19.8 Å². The van der Waals surface area contributed by atoms with E-state index in [1.54, 1.807) is 12.1 Å². The highest BCUT2D eigenvalue weighted by molar-refractivity contribution is 7.92. The van der Waals surface area contributed by atoms with Gasteiger partial charge < -0.3 is 5.32 Å². The van der Waals surface area contributed by atoms with Crippen molar-refractivity contribution >= 4 is 21.6 Å². The molecule has 0 fully saturated rings. The lowest BCUT2D eigenvalue weighted by atomic mass is 9.97. The molecule has 0 spiro atoms. The van der Waals surface area contributed by atoms with E-state index in [0.717, 1.165) is 29.4 Å². The summed E-state index contributed by atoms with van der Waals surface area (Å²) in [6.45, 7) is 7.76. The number of carbonyl (C=O) groups is 1. The molecular formula is C22H30N2O3S. The summed E-state index contributed by atoms with van der Waals surface area (Å²) >= 11 is 0. The number of carbonyl (C=O) groups excluding carboxylic acids is 1. The molecule has 0 radical (unpaired) electrons. The van der Waals surface area contributed by atoms with Crippen molar-refractivity contribution < 1.29 is 13.2 Å². The Morgan fingerprint density at radius 3 is 2.11 bits per heavy atom. The molecule has 2 rings (SSSR count). The van der Waals surface area contributed by atoms with Gasteiger partial charge in [-0.2, -0.15) is 0 Å². The standard InChI is InChI=1S/C22H30N2O3S/c1-16(2)11-21(19-9-7-6-8-10-19)23-22(25)15-24(28(5,26)27)20-13-17(3)12-18(4)14-20/h6-10,12-14,16,21H,11,15H2,1-5H3,(H,23,25)/t21-/m1/s1. The Hall–Kier alpha value is -2.34. The molecule has 0 aliphatic rings. The zero-order valence-electron chi connectivity index (χ0n) is 17.3. The van der Waals surface area contributed by atoms with E-state index in [1.165, 1.54) is 4.31 Å². The van der Waals surface area contributed by atoms with Crippen molar-refractivity contribution in [1.82, 2.24) is 5.32 Å². The highest BCUT2D eigenvalue weighted by Crippen LogP contribution is 2.23. The third kappa shape index (κ3) is 6.37.